The number of fused-ring (bicyclic) bond motifs is 2. The maximum atomic E-state index is 12.7. The molecule has 0 radical (unpaired) electrons. The largest absolute Gasteiger partial charge is 0.454 e. The van der Waals surface area contributed by atoms with Crippen LogP contribution in [0.2, 0.25) is 0 Å². The molecule has 0 aliphatic carbocycles. The van der Waals surface area contributed by atoms with Crippen LogP contribution in [0.15, 0.2) is 48.8 Å². The molecular formula is C20H19N3O3. The number of aromatic nitrogens is 2. The zero-order valence-electron chi connectivity index (χ0n) is 14.3. The van der Waals surface area contributed by atoms with Crippen LogP contribution in [0.5, 0.6) is 11.5 Å². The Bertz CT molecular complexity index is 981. The fourth-order valence-electron chi connectivity index (χ4n) is 3.80. The Morgan fingerprint density at radius 1 is 1.15 bits per heavy atom. The molecule has 5 rings (SSSR count). The number of amides is 1. The van der Waals surface area contributed by atoms with Crippen molar-refractivity contribution in [2.45, 2.75) is 18.9 Å². The van der Waals surface area contributed by atoms with E-state index in [2.05, 4.69) is 15.6 Å². The zero-order chi connectivity index (χ0) is 17.5. The van der Waals surface area contributed by atoms with Gasteiger partial charge >= 0.3 is 0 Å². The highest BCUT2D eigenvalue weighted by molar-refractivity contribution is 5.79. The molecule has 3 aromatic rings. The van der Waals surface area contributed by atoms with Crippen LogP contribution >= 0.6 is 0 Å². The number of likely N-dealkylation sites (tertiary alicyclic amines) is 1. The molecule has 6 nitrogen and oxygen atoms in total. The van der Waals surface area contributed by atoms with Crippen LogP contribution in [0, 0.1) is 0 Å². The second-order valence-electron chi connectivity index (χ2n) is 6.79. The average molecular weight is 349 g/mol. The van der Waals surface area contributed by atoms with E-state index < -0.39 is 0 Å². The third-order valence-electron chi connectivity index (χ3n) is 5.18. The number of hydrogen-bond donors (Lipinski definition) is 0. The summed E-state index contributed by atoms with van der Waals surface area (Å²) in [4.78, 5) is 19.1. The molecule has 0 spiro atoms. The normalized spacial score (nSPS) is 18.6. The van der Waals surface area contributed by atoms with Crippen molar-refractivity contribution in [3.63, 3.8) is 0 Å². The number of benzene rings is 2. The van der Waals surface area contributed by atoms with Gasteiger partial charge in [0.2, 0.25) is 12.7 Å². The van der Waals surface area contributed by atoms with Gasteiger partial charge in [0.1, 0.15) is 0 Å². The minimum Gasteiger partial charge on any atom is -0.454 e. The SMILES string of the molecule is O=C(Cc1ccc2c(c1)OCO2)N1CCC(n2cnc3ccccc32)C1. The molecule has 1 amide bonds. The van der Waals surface area contributed by atoms with E-state index in [1.807, 2.05) is 47.6 Å². The third-order valence-corrected chi connectivity index (χ3v) is 5.18. The van der Waals surface area contributed by atoms with Gasteiger partial charge < -0.3 is 18.9 Å². The molecule has 2 aromatic carbocycles. The Labute approximate surface area is 151 Å². The van der Waals surface area contributed by atoms with E-state index in [0.717, 1.165) is 47.6 Å². The first-order valence-electron chi connectivity index (χ1n) is 8.86. The van der Waals surface area contributed by atoms with Crippen LogP contribution in [0.1, 0.15) is 18.0 Å². The van der Waals surface area contributed by atoms with Crippen LogP contribution in [0.3, 0.4) is 0 Å². The molecule has 1 fully saturated rings. The number of ether oxygens (including phenoxy) is 2. The molecule has 1 aromatic heterocycles. The Hall–Kier alpha value is -3.02. The van der Waals surface area contributed by atoms with Crippen molar-refractivity contribution in [3.8, 4) is 11.5 Å². The lowest BCUT2D eigenvalue weighted by Crippen LogP contribution is -2.30. The van der Waals surface area contributed by atoms with Gasteiger partial charge in [-0.2, -0.15) is 0 Å². The molecule has 3 heterocycles. The minimum atomic E-state index is 0.149. The summed E-state index contributed by atoms with van der Waals surface area (Å²) in [6, 6.07) is 14.1. The molecule has 0 saturated carbocycles. The number of rotatable bonds is 3. The van der Waals surface area contributed by atoms with Crippen molar-refractivity contribution < 1.29 is 14.3 Å². The van der Waals surface area contributed by atoms with Gasteiger partial charge in [0.15, 0.2) is 11.5 Å². The highest BCUT2D eigenvalue weighted by Crippen LogP contribution is 2.33. The van der Waals surface area contributed by atoms with Crippen LogP contribution in [0.4, 0.5) is 0 Å². The van der Waals surface area contributed by atoms with Crippen LogP contribution < -0.4 is 9.47 Å². The average Bonchev–Trinajstić information content (AvgIpc) is 3.39. The topological polar surface area (TPSA) is 56.6 Å². The first-order valence-corrected chi connectivity index (χ1v) is 8.86. The van der Waals surface area contributed by atoms with Crippen molar-refractivity contribution in [1.82, 2.24) is 14.5 Å². The molecule has 0 N–H and O–H groups in total. The van der Waals surface area contributed by atoms with Crippen molar-refractivity contribution in [2.24, 2.45) is 0 Å². The fraction of sp³-hybridized carbons (Fsp3) is 0.300. The standard InChI is InChI=1S/C20H19N3O3/c24-20(10-14-5-6-18-19(9-14)26-13-25-18)22-8-7-15(11-22)23-12-21-16-3-1-2-4-17(16)23/h1-6,9,12,15H,7-8,10-11,13H2. The summed E-state index contributed by atoms with van der Waals surface area (Å²) >= 11 is 0. The maximum Gasteiger partial charge on any atom is 0.231 e. The number of para-hydroxylation sites is 2. The quantitative estimate of drug-likeness (QED) is 0.730. The number of hydrogen-bond acceptors (Lipinski definition) is 4. The molecule has 2 aliphatic heterocycles. The van der Waals surface area contributed by atoms with Gasteiger partial charge in [0.25, 0.3) is 0 Å². The Balaban J connectivity index is 1.29. The van der Waals surface area contributed by atoms with Gasteiger partial charge in [0.05, 0.1) is 29.8 Å². The zero-order valence-corrected chi connectivity index (χ0v) is 14.3. The number of carbonyl (C=O) groups is 1. The van der Waals surface area contributed by atoms with Gasteiger partial charge in [-0.05, 0) is 36.2 Å². The van der Waals surface area contributed by atoms with E-state index >= 15 is 0 Å². The minimum absolute atomic E-state index is 0.149. The summed E-state index contributed by atoms with van der Waals surface area (Å²) in [7, 11) is 0. The lowest BCUT2D eigenvalue weighted by molar-refractivity contribution is -0.129. The molecule has 132 valence electrons. The van der Waals surface area contributed by atoms with Crippen molar-refractivity contribution in [1.29, 1.82) is 0 Å². The predicted molar refractivity (Wildman–Crippen MR) is 96.2 cm³/mol. The first kappa shape index (κ1) is 15.3. The second-order valence-corrected chi connectivity index (χ2v) is 6.79. The van der Waals surface area contributed by atoms with Gasteiger partial charge in [-0.25, -0.2) is 4.98 Å². The molecule has 1 atom stereocenters. The van der Waals surface area contributed by atoms with Gasteiger partial charge in [-0.1, -0.05) is 18.2 Å². The number of nitrogens with zero attached hydrogens (tertiary/aromatic N) is 3. The summed E-state index contributed by atoms with van der Waals surface area (Å²) in [5, 5.41) is 0. The molecule has 2 aliphatic rings. The summed E-state index contributed by atoms with van der Waals surface area (Å²) in [6.07, 6.45) is 3.22. The van der Waals surface area contributed by atoms with Crippen molar-refractivity contribution in [2.75, 3.05) is 19.9 Å². The summed E-state index contributed by atoms with van der Waals surface area (Å²) < 4.78 is 12.9. The van der Waals surface area contributed by atoms with Crippen molar-refractivity contribution in [3.05, 3.63) is 54.4 Å². The van der Waals surface area contributed by atoms with Gasteiger partial charge in [-0.15, -0.1) is 0 Å². The lowest BCUT2D eigenvalue weighted by Gasteiger charge is -2.17. The highest BCUT2D eigenvalue weighted by atomic mass is 16.7. The third kappa shape index (κ3) is 2.58. The Morgan fingerprint density at radius 2 is 2.04 bits per heavy atom. The first-order chi connectivity index (χ1) is 12.8. The smallest absolute Gasteiger partial charge is 0.231 e. The van der Waals surface area contributed by atoms with E-state index in [9.17, 15) is 4.79 Å². The highest BCUT2D eigenvalue weighted by Gasteiger charge is 2.28. The monoisotopic (exact) mass is 349 g/mol. The molecule has 0 bridgehead atoms. The van der Waals surface area contributed by atoms with Gasteiger partial charge in [-0.3, -0.25) is 4.79 Å². The van der Waals surface area contributed by atoms with E-state index in [0.29, 0.717) is 6.42 Å². The summed E-state index contributed by atoms with van der Waals surface area (Å²) in [5.74, 6) is 1.62. The summed E-state index contributed by atoms with van der Waals surface area (Å²) in [5.41, 5.74) is 3.08. The molecular weight excluding hydrogens is 330 g/mol. The molecule has 26 heavy (non-hydrogen) atoms. The predicted octanol–water partition coefficient (Wildman–Crippen LogP) is 2.78. The Morgan fingerprint density at radius 3 is 3.00 bits per heavy atom. The van der Waals surface area contributed by atoms with E-state index in [4.69, 9.17) is 9.47 Å². The number of imidazole rings is 1. The van der Waals surface area contributed by atoms with E-state index in [1.54, 1.807) is 0 Å². The lowest BCUT2D eigenvalue weighted by atomic mass is 10.1. The molecule has 1 unspecified atom stereocenters. The molecule has 1 saturated heterocycles. The van der Waals surface area contributed by atoms with E-state index in [1.165, 1.54) is 0 Å². The second kappa shape index (κ2) is 6.05. The van der Waals surface area contributed by atoms with Crippen molar-refractivity contribution >= 4 is 16.9 Å². The van der Waals surface area contributed by atoms with Crippen LogP contribution in [-0.4, -0.2) is 40.2 Å². The Kier molecular flexibility index (Phi) is 3.55. The van der Waals surface area contributed by atoms with Gasteiger partial charge in [0, 0.05) is 13.1 Å². The maximum absolute atomic E-state index is 12.7. The van der Waals surface area contributed by atoms with Crippen LogP contribution in [-0.2, 0) is 11.2 Å². The molecule has 6 heteroatoms. The van der Waals surface area contributed by atoms with E-state index in [-0.39, 0.29) is 18.7 Å². The summed E-state index contributed by atoms with van der Waals surface area (Å²) in [6.45, 7) is 1.75. The van der Waals surface area contributed by atoms with Crippen LogP contribution in [0.25, 0.3) is 11.0 Å². The fourth-order valence-corrected chi connectivity index (χ4v) is 3.80. The number of carbonyl (C=O) groups excluding carboxylic acids is 1.